The number of hydrogen-bond donors (Lipinski definition) is 3. The molecule has 0 bridgehead atoms. The van der Waals surface area contributed by atoms with Crippen molar-refractivity contribution in [3.63, 3.8) is 0 Å². The van der Waals surface area contributed by atoms with Crippen molar-refractivity contribution in [1.29, 1.82) is 0 Å². The SMILES string of the molecule is CCCCCCCCC/C=C\CCCCCC(=O)OC(CCCCCCCCCCCCCCCCC)CC(=O)NC(CO)C(O)CCCCCCCCCCCCCCC. The van der Waals surface area contributed by atoms with Gasteiger partial charge in [0.25, 0.3) is 0 Å². The summed E-state index contributed by atoms with van der Waals surface area (Å²) >= 11 is 0. The van der Waals surface area contributed by atoms with Gasteiger partial charge in [0, 0.05) is 6.42 Å². The Balaban J connectivity index is 4.55. The number of esters is 1. The van der Waals surface area contributed by atoms with Gasteiger partial charge in [-0.2, -0.15) is 0 Å². The van der Waals surface area contributed by atoms with Crippen molar-refractivity contribution in [2.45, 2.75) is 322 Å². The van der Waals surface area contributed by atoms with Crippen LogP contribution in [-0.2, 0) is 14.3 Å². The van der Waals surface area contributed by atoms with Gasteiger partial charge in [0.1, 0.15) is 6.10 Å². The number of carbonyl (C=O) groups excluding carboxylic acids is 2. The fraction of sp³-hybridized carbons (Fsp3) is 0.927. The Morgan fingerprint density at radius 2 is 0.787 bits per heavy atom. The molecule has 0 aliphatic rings. The van der Waals surface area contributed by atoms with Gasteiger partial charge in [-0.05, 0) is 51.4 Å². The van der Waals surface area contributed by atoms with E-state index in [9.17, 15) is 19.8 Å². The second-order valence-corrected chi connectivity index (χ2v) is 19.0. The molecule has 0 saturated heterocycles. The van der Waals surface area contributed by atoms with Crippen LogP contribution in [0, 0.1) is 0 Å². The Morgan fingerprint density at radius 3 is 1.16 bits per heavy atom. The quantitative estimate of drug-likeness (QED) is 0.0322. The van der Waals surface area contributed by atoms with Gasteiger partial charge in [0.05, 0.1) is 25.2 Å². The minimum atomic E-state index is -0.784. The summed E-state index contributed by atoms with van der Waals surface area (Å²) in [6.07, 6.45) is 55.6. The predicted molar refractivity (Wildman–Crippen MR) is 264 cm³/mol. The molecule has 3 N–H and O–H groups in total. The van der Waals surface area contributed by atoms with Gasteiger partial charge in [0.15, 0.2) is 0 Å². The van der Waals surface area contributed by atoms with Crippen LogP contribution in [0.5, 0.6) is 0 Å². The van der Waals surface area contributed by atoms with E-state index in [0.29, 0.717) is 19.3 Å². The molecule has 0 radical (unpaired) electrons. The first-order valence-electron chi connectivity index (χ1n) is 27.4. The van der Waals surface area contributed by atoms with Crippen LogP contribution in [0.1, 0.15) is 303 Å². The molecule has 61 heavy (non-hydrogen) atoms. The van der Waals surface area contributed by atoms with E-state index in [0.717, 1.165) is 51.4 Å². The van der Waals surface area contributed by atoms with Gasteiger partial charge < -0.3 is 20.3 Å². The average molecular weight is 862 g/mol. The summed E-state index contributed by atoms with van der Waals surface area (Å²) in [6.45, 7) is 6.51. The molecule has 6 heteroatoms. The van der Waals surface area contributed by atoms with E-state index in [1.165, 1.54) is 205 Å². The first-order chi connectivity index (χ1) is 30.0. The van der Waals surface area contributed by atoms with E-state index in [2.05, 4.69) is 38.2 Å². The summed E-state index contributed by atoms with van der Waals surface area (Å²) in [5.41, 5.74) is 0. The summed E-state index contributed by atoms with van der Waals surface area (Å²) in [6, 6.07) is -0.698. The number of aliphatic hydroxyl groups is 2. The zero-order chi connectivity index (χ0) is 44.5. The lowest BCUT2D eigenvalue weighted by Gasteiger charge is -2.24. The maximum Gasteiger partial charge on any atom is 0.306 e. The molecule has 0 aromatic rings. The molecule has 362 valence electrons. The zero-order valence-corrected chi connectivity index (χ0v) is 41.3. The fourth-order valence-electron chi connectivity index (χ4n) is 8.66. The number of carbonyl (C=O) groups is 2. The van der Waals surface area contributed by atoms with Crippen molar-refractivity contribution in [3.8, 4) is 0 Å². The molecule has 0 aliphatic carbocycles. The smallest absolute Gasteiger partial charge is 0.306 e. The molecule has 0 spiro atoms. The van der Waals surface area contributed by atoms with Crippen molar-refractivity contribution in [1.82, 2.24) is 5.32 Å². The molecule has 0 saturated carbocycles. The number of rotatable bonds is 50. The third kappa shape index (κ3) is 45.0. The van der Waals surface area contributed by atoms with Crippen LogP contribution >= 0.6 is 0 Å². The third-order valence-electron chi connectivity index (χ3n) is 12.8. The number of nitrogens with one attached hydrogen (secondary N) is 1. The number of allylic oxidation sites excluding steroid dienone is 2. The summed E-state index contributed by atoms with van der Waals surface area (Å²) in [4.78, 5) is 26.2. The number of unbranched alkanes of at least 4 members (excludes halogenated alkanes) is 36. The minimum absolute atomic E-state index is 0.0792. The van der Waals surface area contributed by atoms with Crippen LogP contribution in [0.4, 0.5) is 0 Å². The molecule has 0 aromatic carbocycles. The zero-order valence-electron chi connectivity index (χ0n) is 41.3. The normalized spacial score (nSPS) is 13.2. The van der Waals surface area contributed by atoms with Crippen molar-refractivity contribution in [2.75, 3.05) is 6.61 Å². The number of hydrogen-bond acceptors (Lipinski definition) is 5. The monoisotopic (exact) mass is 862 g/mol. The minimum Gasteiger partial charge on any atom is -0.462 e. The summed E-state index contributed by atoms with van der Waals surface area (Å²) < 4.78 is 5.94. The topological polar surface area (TPSA) is 95.9 Å². The van der Waals surface area contributed by atoms with E-state index in [4.69, 9.17) is 4.74 Å². The number of amides is 1. The maximum absolute atomic E-state index is 13.2. The van der Waals surface area contributed by atoms with Crippen LogP contribution < -0.4 is 5.32 Å². The Morgan fingerprint density at radius 1 is 0.459 bits per heavy atom. The van der Waals surface area contributed by atoms with Crippen LogP contribution in [-0.4, -0.2) is 46.9 Å². The lowest BCUT2D eigenvalue weighted by atomic mass is 10.0. The maximum atomic E-state index is 13.2. The van der Waals surface area contributed by atoms with Crippen molar-refractivity contribution >= 4 is 11.9 Å². The molecular formula is C55H107NO5. The van der Waals surface area contributed by atoms with Crippen LogP contribution in [0.2, 0.25) is 0 Å². The second kappa shape index (κ2) is 49.6. The van der Waals surface area contributed by atoms with Gasteiger partial charge in [-0.1, -0.05) is 251 Å². The Labute approximate surface area is 380 Å². The molecule has 3 atom stereocenters. The average Bonchev–Trinajstić information content (AvgIpc) is 3.25. The summed E-state index contributed by atoms with van der Waals surface area (Å²) in [5.74, 6) is -0.472. The number of aliphatic hydroxyl groups excluding tert-OH is 2. The first kappa shape index (κ1) is 59.6. The van der Waals surface area contributed by atoms with Gasteiger partial charge in [-0.25, -0.2) is 0 Å². The second-order valence-electron chi connectivity index (χ2n) is 19.0. The summed E-state index contributed by atoms with van der Waals surface area (Å²) in [7, 11) is 0. The van der Waals surface area contributed by atoms with Gasteiger partial charge in [-0.15, -0.1) is 0 Å². The standard InChI is InChI=1S/C55H107NO5/c1-4-7-10-13-16-19-22-25-27-29-31-34-37-40-43-46-51(61-55(60)48-45-42-39-36-33-30-26-23-20-17-14-11-8-5-2)49-54(59)56-52(50-57)53(58)47-44-41-38-35-32-28-24-21-18-15-12-9-6-3/h30,33,51-53,57-58H,4-29,31-32,34-50H2,1-3H3,(H,56,59)/b33-30-. The Bertz CT molecular complexity index is 924. The van der Waals surface area contributed by atoms with Crippen LogP contribution in [0.3, 0.4) is 0 Å². The molecule has 0 heterocycles. The van der Waals surface area contributed by atoms with E-state index < -0.39 is 18.2 Å². The van der Waals surface area contributed by atoms with Crippen molar-refractivity contribution in [2.24, 2.45) is 0 Å². The Kier molecular flexibility index (Phi) is 48.5. The third-order valence-corrected chi connectivity index (χ3v) is 12.8. The molecule has 0 fully saturated rings. The highest BCUT2D eigenvalue weighted by molar-refractivity contribution is 5.77. The van der Waals surface area contributed by atoms with Gasteiger partial charge in [0.2, 0.25) is 5.91 Å². The Hall–Kier alpha value is -1.40. The lowest BCUT2D eigenvalue weighted by Crippen LogP contribution is -2.46. The molecule has 6 nitrogen and oxygen atoms in total. The van der Waals surface area contributed by atoms with E-state index in [1.54, 1.807) is 0 Å². The molecule has 0 rings (SSSR count). The molecule has 0 aromatic heterocycles. The van der Waals surface area contributed by atoms with Crippen LogP contribution in [0.15, 0.2) is 12.2 Å². The van der Waals surface area contributed by atoms with E-state index in [-0.39, 0.29) is 24.9 Å². The number of ether oxygens (including phenoxy) is 1. The largest absolute Gasteiger partial charge is 0.462 e. The molecular weight excluding hydrogens is 755 g/mol. The van der Waals surface area contributed by atoms with Crippen molar-refractivity contribution < 1.29 is 24.5 Å². The summed E-state index contributed by atoms with van der Waals surface area (Å²) in [5, 5.41) is 23.8. The lowest BCUT2D eigenvalue weighted by molar-refractivity contribution is -0.151. The fourth-order valence-corrected chi connectivity index (χ4v) is 8.66. The molecule has 0 aliphatic heterocycles. The highest BCUT2D eigenvalue weighted by Crippen LogP contribution is 2.19. The van der Waals surface area contributed by atoms with E-state index in [1.807, 2.05) is 0 Å². The predicted octanol–water partition coefficient (Wildman–Crippen LogP) is 16.5. The van der Waals surface area contributed by atoms with Gasteiger partial charge in [-0.3, -0.25) is 9.59 Å². The molecule has 1 amide bonds. The highest BCUT2D eigenvalue weighted by Gasteiger charge is 2.24. The van der Waals surface area contributed by atoms with Gasteiger partial charge >= 0.3 is 5.97 Å². The highest BCUT2D eigenvalue weighted by atomic mass is 16.5. The molecule has 3 unspecified atom stereocenters. The first-order valence-corrected chi connectivity index (χ1v) is 27.4. The van der Waals surface area contributed by atoms with E-state index >= 15 is 0 Å². The van der Waals surface area contributed by atoms with Crippen molar-refractivity contribution in [3.05, 3.63) is 12.2 Å². The van der Waals surface area contributed by atoms with Crippen LogP contribution in [0.25, 0.3) is 0 Å².